The van der Waals surface area contributed by atoms with Crippen molar-refractivity contribution in [3.63, 3.8) is 0 Å². The smallest absolute Gasteiger partial charge is 0.247 e. The van der Waals surface area contributed by atoms with E-state index in [9.17, 15) is 4.79 Å². The van der Waals surface area contributed by atoms with Gasteiger partial charge in [-0.2, -0.15) is 0 Å². The molecule has 1 aliphatic carbocycles. The molecule has 0 bridgehead atoms. The SMILES string of the molecule is CCCCOc1ccc(C=C2C[C@@H](c3ccc(OC)c(OC4CCCC4)c3)CNC2=O)cc1. The molecule has 4 rings (SSSR count). The van der Waals surface area contributed by atoms with Gasteiger partial charge < -0.3 is 19.5 Å². The molecule has 1 saturated heterocycles. The van der Waals surface area contributed by atoms with Gasteiger partial charge in [0.05, 0.1) is 19.8 Å². The summed E-state index contributed by atoms with van der Waals surface area (Å²) in [5.74, 6) is 2.64. The first kappa shape index (κ1) is 23.2. The van der Waals surface area contributed by atoms with E-state index < -0.39 is 0 Å². The monoisotopic (exact) mass is 449 g/mol. The van der Waals surface area contributed by atoms with Gasteiger partial charge in [0.2, 0.25) is 5.91 Å². The zero-order valence-corrected chi connectivity index (χ0v) is 19.8. The third-order valence-electron chi connectivity index (χ3n) is 6.51. The van der Waals surface area contributed by atoms with Crippen molar-refractivity contribution in [3.05, 3.63) is 59.2 Å². The third-order valence-corrected chi connectivity index (χ3v) is 6.51. The van der Waals surface area contributed by atoms with Crippen LogP contribution in [-0.2, 0) is 4.79 Å². The highest BCUT2D eigenvalue weighted by molar-refractivity contribution is 5.98. The predicted molar refractivity (Wildman–Crippen MR) is 131 cm³/mol. The summed E-state index contributed by atoms with van der Waals surface area (Å²) >= 11 is 0. The average Bonchev–Trinajstić information content (AvgIpc) is 3.35. The minimum absolute atomic E-state index is 0.00506. The summed E-state index contributed by atoms with van der Waals surface area (Å²) in [6.45, 7) is 3.50. The number of carbonyl (C=O) groups excluding carboxylic acids is 1. The molecule has 1 heterocycles. The van der Waals surface area contributed by atoms with Crippen LogP contribution in [0.1, 0.15) is 68.9 Å². The molecule has 176 valence electrons. The fraction of sp³-hybridized carbons (Fsp3) is 0.464. The van der Waals surface area contributed by atoms with Crippen molar-refractivity contribution >= 4 is 12.0 Å². The largest absolute Gasteiger partial charge is 0.494 e. The van der Waals surface area contributed by atoms with E-state index in [1.54, 1.807) is 7.11 Å². The van der Waals surface area contributed by atoms with Crippen LogP contribution in [-0.4, -0.2) is 32.3 Å². The molecule has 1 aliphatic heterocycles. The lowest BCUT2D eigenvalue weighted by Crippen LogP contribution is -2.35. The molecule has 1 N–H and O–H groups in total. The van der Waals surface area contributed by atoms with Crippen LogP contribution in [0.15, 0.2) is 48.0 Å². The highest BCUT2D eigenvalue weighted by Gasteiger charge is 2.26. The van der Waals surface area contributed by atoms with Crippen molar-refractivity contribution in [2.45, 2.75) is 63.9 Å². The van der Waals surface area contributed by atoms with Crippen molar-refractivity contribution in [1.82, 2.24) is 5.32 Å². The molecule has 5 nitrogen and oxygen atoms in total. The standard InChI is InChI=1S/C28H35NO4/c1-3-4-15-32-24-12-9-20(10-13-24)16-22-17-23(19-29-28(22)30)21-11-14-26(31-2)27(18-21)33-25-7-5-6-8-25/h9-14,16,18,23,25H,3-8,15,17,19H2,1-2H3,(H,29,30)/t23-/m1/s1. The van der Waals surface area contributed by atoms with E-state index in [4.69, 9.17) is 14.2 Å². The number of unbranched alkanes of at least 4 members (excludes halogenated alkanes) is 1. The quantitative estimate of drug-likeness (QED) is 0.383. The van der Waals surface area contributed by atoms with Gasteiger partial charge in [-0.05, 0) is 80.0 Å². The topological polar surface area (TPSA) is 56.8 Å². The first-order valence-electron chi connectivity index (χ1n) is 12.2. The Morgan fingerprint density at radius 3 is 2.58 bits per heavy atom. The predicted octanol–water partition coefficient (Wildman–Crippen LogP) is 5.88. The van der Waals surface area contributed by atoms with Crippen LogP contribution in [0.2, 0.25) is 0 Å². The Balaban J connectivity index is 1.47. The van der Waals surface area contributed by atoms with Gasteiger partial charge in [-0.15, -0.1) is 0 Å². The van der Waals surface area contributed by atoms with Crippen molar-refractivity contribution in [1.29, 1.82) is 0 Å². The molecule has 0 aromatic heterocycles. The van der Waals surface area contributed by atoms with Crippen LogP contribution in [0, 0.1) is 0 Å². The second kappa shape index (κ2) is 11.3. The molecule has 0 spiro atoms. The lowest BCUT2D eigenvalue weighted by Gasteiger charge is -2.26. The number of benzene rings is 2. The van der Waals surface area contributed by atoms with E-state index in [0.717, 1.165) is 66.2 Å². The van der Waals surface area contributed by atoms with Gasteiger partial charge in [0.1, 0.15) is 5.75 Å². The van der Waals surface area contributed by atoms with Crippen LogP contribution in [0.4, 0.5) is 0 Å². The van der Waals surface area contributed by atoms with Crippen LogP contribution < -0.4 is 19.5 Å². The number of nitrogens with one attached hydrogen (secondary N) is 1. The first-order valence-corrected chi connectivity index (χ1v) is 12.2. The Morgan fingerprint density at radius 2 is 1.85 bits per heavy atom. The molecule has 2 fully saturated rings. The summed E-state index contributed by atoms with van der Waals surface area (Å²) in [5.41, 5.74) is 2.96. The molecule has 0 radical (unpaired) electrons. The Bertz CT molecular complexity index is 960. The van der Waals surface area contributed by atoms with Gasteiger partial charge in [-0.25, -0.2) is 0 Å². The maximum Gasteiger partial charge on any atom is 0.247 e. The van der Waals surface area contributed by atoms with Crippen LogP contribution in [0.5, 0.6) is 17.2 Å². The minimum Gasteiger partial charge on any atom is -0.494 e. The van der Waals surface area contributed by atoms with Crippen LogP contribution >= 0.6 is 0 Å². The molecule has 1 amide bonds. The van der Waals surface area contributed by atoms with Crippen molar-refractivity contribution in [3.8, 4) is 17.2 Å². The van der Waals surface area contributed by atoms with Gasteiger partial charge in [0.25, 0.3) is 0 Å². The normalized spacial score (nSPS) is 20.0. The molecule has 1 atom stereocenters. The Labute approximate surface area is 197 Å². The summed E-state index contributed by atoms with van der Waals surface area (Å²) in [5, 5.41) is 3.06. The van der Waals surface area contributed by atoms with Gasteiger partial charge in [0, 0.05) is 18.0 Å². The Hall–Kier alpha value is -2.95. The molecular weight excluding hydrogens is 414 g/mol. The molecule has 1 saturated carbocycles. The maximum atomic E-state index is 12.6. The number of hydrogen-bond donors (Lipinski definition) is 1. The molecule has 2 aromatic rings. The van der Waals surface area contributed by atoms with Crippen LogP contribution in [0.3, 0.4) is 0 Å². The maximum absolute atomic E-state index is 12.6. The van der Waals surface area contributed by atoms with E-state index >= 15 is 0 Å². The molecule has 0 unspecified atom stereocenters. The average molecular weight is 450 g/mol. The second-order valence-electron chi connectivity index (χ2n) is 8.99. The number of methoxy groups -OCH3 is 1. The number of rotatable bonds is 9. The second-order valence-corrected chi connectivity index (χ2v) is 8.99. The lowest BCUT2D eigenvalue weighted by atomic mass is 9.87. The summed E-state index contributed by atoms with van der Waals surface area (Å²) in [4.78, 5) is 12.6. The van der Waals surface area contributed by atoms with Gasteiger partial charge in [-0.3, -0.25) is 4.79 Å². The fourth-order valence-corrected chi connectivity index (χ4v) is 4.54. The van der Waals surface area contributed by atoms with E-state index in [1.807, 2.05) is 36.4 Å². The molecule has 2 aliphatic rings. The lowest BCUT2D eigenvalue weighted by molar-refractivity contribution is -0.118. The van der Waals surface area contributed by atoms with Crippen molar-refractivity contribution < 1.29 is 19.0 Å². The van der Waals surface area contributed by atoms with Gasteiger partial charge in [0.15, 0.2) is 11.5 Å². The number of carbonyl (C=O) groups is 1. The summed E-state index contributed by atoms with van der Waals surface area (Å²) in [6.07, 6.45) is 9.75. The third kappa shape index (κ3) is 6.10. The number of amides is 1. The Morgan fingerprint density at radius 1 is 1.06 bits per heavy atom. The number of piperidine rings is 1. The minimum atomic E-state index is 0.00506. The molecule has 33 heavy (non-hydrogen) atoms. The first-order chi connectivity index (χ1) is 16.2. The summed E-state index contributed by atoms with van der Waals surface area (Å²) < 4.78 is 17.6. The van der Waals surface area contributed by atoms with Crippen LogP contribution in [0.25, 0.3) is 6.08 Å². The zero-order valence-electron chi connectivity index (χ0n) is 19.8. The van der Waals surface area contributed by atoms with E-state index in [-0.39, 0.29) is 17.9 Å². The van der Waals surface area contributed by atoms with Crippen molar-refractivity contribution in [2.75, 3.05) is 20.3 Å². The molecule has 2 aromatic carbocycles. The highest BCUT2D eigenvalue weighted by Crippen LogP contribution is 2.36. The van der Waals surface area contributed by atoms with Gasteiger partial charge >= 0.3 is 0 Å². The highest BCUT2D eigenvalue weighted by atomic mass is 16.5. The fourth-order valence-electron chi connectivity index (χ4n) is 4.54. The van der Waals surface area contributed by atoms with E-state index in [2.05, 4.69) is 24.4 Å². The number of ether oxygens (including phenoxy) is 3. The zero-order chi connectivity index (χ0) is 23.0. The molecular formula is C28H35NO4. The van der Waals surface area contributed by atoms with E-state index in [1.165, 1.54) is 12.8 Å². The summed E-state index contributed by atoms with van der Waals surface area (Å²) in [6, 6.07) is 14.1. The number of hydrogen-bond acceptors (Lipinski definition) is 4. The summed E-state index contributed by atoms with van der Waals surface area (Å²) in [7, 11) is 1.68. The van der Waals surface area contributed by atoms with Crippen molar-refractivity contribution in [2.24, 2.45) is 0 Å². The van der Waals surface area contributed by atoms with Gasteiger partial charge in [-0.1, -0.05) is 31.5 Å². The Kier molecular flexibility index (Phi) is 7.92. The molecule has 5 heteroatoms. The van der Waals surface area contributed by atoms with E-state index in [0.29, 0.717) is 13.0 Å².